The molecule has 2 amide bonds. The molecule has 1 aromatic carbocycles. The lowest BCUT2D eigenvalue weighted by molar-refractivity contribution is -0.119. The van der Waals surface area contributed by atoms with Crippen molar-refractivity contribution in [1.29, 1.82) is 0 Å². The normalized spacial score (nSPS) is 15.6. The van der Waals surface area contributed by atoms with E-state index in [2.05, 4.69) is 0 Å². The lowest BCUT2D eigenvalue weighted by Crippen LogP contribution is -2.48. The fraction of sp³-hybridized carbons (Fsp3) is 0.385. The minimum Gasteiger partial charge on any atom is -0.398 e. The van der Waals surface area contributed by atoms with Gasteiger partial charge in [0.05, 0.1) is 0 Å². The summed E-state index contributed by atoms with van der Waals surface area (Å²) in [6.07, 6.45) is 0.825. The Hall–Kier alpha value is -2.04. The van der Waals surface area contributed by atoms with Crippen LogP contribution >= 0.6 is 0 Å². The summed E-state index contributed by atoms with van der Waals surface area (Å²) in [7, 11) is 0. The number of anilines is 1. The van der Waals surface area contributed by atoms with E-state index >= 15 is 0 Å². The third-order valence-corrected chi connectivity index (χ3v) is 3.28. The van der Waals surface area contributed by atoms with Crippen molar-refractivity contribution >= 4 is 18.0 Å². The first-order valence-electron chi connectivity index (χ1n) is 5.96. The highest BCUT2D eigenvalue weighted by molar-refractivity contribution is 5.95. The number of aryl methyl sites for hydroxylation is 1. The topological polar surface area (TPSA) is 66.6 Å². The van der Waals surface area contributed by atoms with E-state index in [0.717, 1.165) is 12.0 Å². The van der Waals surface area contributed by atoms with Crippen molar-refractivity contribution < 1.29 is 9.59 Å². The van der Waals surface area contributed by atoms with Crippen molar-refractivity contribution in [2.75, 3.05) is 31.9 Å². The molecule has 0 atom stereocenters. The molecule has 18 heavy (non-hydrogen) atoms. The van der Waals surface area contributed by atoms with Crippen LogP contribution in [0.1, 0.15) is 15.9 Å². The average Bonchev–Trinajstić information content (AvgIpc) is 2.41. The SMILES string of the molecule is Cc1ccc(C(=O)N2CCN(C=O)CC2)cc1N. The van der Waals surface area contributed by atoms with Crippen LogP contribution in [-0.4, -0.2) is 48.3 Å². The van der Waals surface area contributed by atoms with Gasteiger partial charge in [-0.3, -0.25) is 9.59 Å². The Morgan fingerprint density at radius 2 is 1.94 bits per heavy atom. The van der Waals surface area contributed by atoms with Gasteiger partial charge in [0.1, 0.15) is 0 Å². The Labute approximate surface area is 106 Å². The summed E-state index contributed by atoms with van der Waals surface area (Å²) in [6, 6.07) is 5.36. The van der Waals surface area contributed by atoms with Crippen LogP contribution in [0.5, 0.6) is 0 Å². The molecule has 1 fully saturated rings. The second kappa shape index (κ2) is 5.08. The Morgan fingerprint density at radius 3 is 2.50 bits per heavy atom. The van der Waals surface area contributed by atoms with Gasteiger partial charge in [-0.2, -0.15) is 0 Å². The number of benzene rings is 1. The van der Waals surface area contributed by atoms with Crippen LogP contribution in [0.25, 0.3) is 0 Å². The number of nitrogens with zero attached hydrogens (tertiary/aromatic N) is 2. The highest BCUT2D eigenvalue weighted by Crippen LogP contribution is 2.15. The molecule has 0 aliphatic carbocycles. The monoisotopic (exact) mass is 247 g/mol. The lowest BCUT2D eigenvalue weighted by atomic mass is 10.1. The van der Waals surface area contributed by atoms with Gasteiger partial charge in [0, 0.05) is 37.4 Å². The van der Waals surface area contributed by atoms with E-state index in [1.54, 1.807) is 21.9 Å². The molecule has 2 N–H and O–H groups in total. The quantitative estimate of drug-likeness (QED) is 0.611. The van der Waals surface area contributed by atoms with Gasteiger partial charge in [0.15, 0.2) is 0 Å². The molecule has 0 aromatic heterocycles. The molecule has 2 rings (SSSR count). The van der Waals surface area contributed by atoms with Crippen LogP contribution in [0.2, 0.25) is 0 Å². The first kappa shape index (κ1) is 12.4. The number of rotatable bonds is 2. The fourth-order valence-electron chi connectivity index (χ4n) is 1.99. The van der Waals surface area contributed by atoms with Gasteiger partial charge >= 0.3 is 0 Å². The summed E-state index contributed by atoms with van der Waals surface area (Å²) in [5, 5.41) is 0. The third-order valence-electron chi connectivity index (χ3n) is 3.28. The number of hydrogen-bond donors (Lipinski definition) is 1. The molecule has 0 spiro atoms. The molecule has 0 bridgehead atoms. The zero-order valence-corrected chi connectivity index (χ0v) is 10.4. The molecule has 0 saturated carbocycles. The van der Waals surface area contributed by atoms with Gasteiger partial charge in [-0.25, -0.2) is 0 Å². The van der Waals surface area contributed by atoms with Crippen molar-refractivity contribution in [2.24, 2.45) is 0 Å². The number of piperazine rings is 1. The summed E-state index contributed by atoms with van der Waals surface area (Å²) >= 11 is 0. The Morgan fingerprint density at radius 1 is 1.28 bits per heavy atom. The minimum absolute atomic E-state index is 0.0211. The van der Waals surface area contributed by atoms with Crippen molar-refractivity contribution in [3.05, 3.63) is 29.3 Å². The zero-order chi connectivity index (χ0) is 13.1. The van der Waals surface area contributed by atoms with E-state index in [1.165, 1.54) is 0 Å². The summed E-state index contributed by atoms with van der Waals surface area (Å²) in [5.41, 5.74) is 8.02. The Kier molecular flexibility index (Phi) is 3.50. The maximum Gasteiger partial charge on any atom is 0.254 e. The maximum absolute atomic E-state index is 12.2. The number of carbonyl (C=O) groups excluding carboxylic acids is 2. The molecule has 1 heterocycles. The first-order chi connectivity index (χ1) is 8.61. The minimum atomic E-state index is -0.0211. The smallest absolute Gasteiger partial charge is 0.254 e. The van der Waals surface area contributed by atoms with E-state index in [1.807, 2.05) is 13.0 Å². The average molecular weight is 247 g/mol. The Balaban J connectivity index is 2.07. The summed E-state index contributed by atoms with van der Waals surface area (Å²) in [4.78, 5) is 26.2. The van der Waals surface area contributed by atoms with E-state index in [4.69, 9.17) is 5.73 Å². The predicted molar refractivity (Wildman–Crippen MR) is 69.1 cm³/mol. The van der Waals surface area contributed by atoms with Crippen LogP contribution in [0, 0.1) is 6.92 Å². The van der Waals surface area contributed by atoms with Gasteiger partial charge < -0.3 is 15.5 Å². The van der Waals surface area contributed by atoms with Gasteiger partial charge in [-0.15, -0.1) is 0 Å². The standard InChI is InChI=1S/C13H17N3O2/c1-10-2-3-11(8-12(10)14)13(18)16-6-4-15(9-17)5-7-16/h2-3,8-9H,4-7,14H2,1H3. The molecule has 5 heteroatoms. The number of hydrogen-bond acceptors (Lipinski definition) is 3. The number of nitrogen functional groups attached to an aromatic ring is 1. The third kappa shape index (κ3) is 2.45. The highest BCUT2D eigenvalue weighted by atomic mass is 16.2. The predicted octanol–water partition coefficient (Wildman–Crippen LogP) is 0.491. The maximum atomic E-state index is 12.2. The molecular formula is C13H17N3O2. The molecule has 1 saturated heterocycles. The first-order valence-corrected chi connectivity index (χ1v) is 5.96. The molecule has 5 nitrogen and oxygen atoms in total. The molecule has 0 radical (unpaired) electrons. The molecular weight excluding hydrogens is 230 g/mol. The van der Waals surface area contributed by atoms with Crippen molar-refractivity contribution in [3.63, 3.8) is 0 Å². The molecule has 96 valence electrons. The molecule has 1 aliphatic rings. The van der Waals surface area contributed by atoms with Gasteiger partial charge in [0.2, 0.25) is 6.41 Å². The van der Waals surface area contributed by atoms with Crippen LogP contribution < -0.4 is 5.73 Å². The van der Waals surface area contributed by atoms with Crippen molar-refractivity contribution in [2.45, 2.75) is 6.92 Å². The number of nitrogens with two attached hydrogens (primary N) is 1. The van der Waals surface area contributed by atoms with Gasteiger partial charge in [-0.1, -0.05) is 6.07 Å². The molecule has 1 aromatic rings. The summed E-state index contributed by atoms with van der Waals surface area (Å²) in [6.45, 7) is 4.25. The van der Waals surface area contributed by atoms with Crippen LogP contribution in [0.15, 0.2) is 18.2 Å². The lowest BCUT2D eigenvalue weighted by Gasteiger charge is -2.32. The van der Waals surface area contributed by atoms with E-state index in [0.29, 0.717) is 37.4 Å². The second-order valence-electron chi connectivity index (χ2n) is 4.50. The van der Waals surface area contributed by atoms with Gasteiger partial charge in [0.25, 0.3) is 5.91 Å². The number of carbonyl (C=O) groups is 2. The summed E-state index contributed by atoms with van der Waals surface area (Å²) < 4.78 is 0. The Bertz CT molecular complexity index is 465. The van der Waals surface area contributed by atoms with E-state index in [9.17, 15) is 9.59 Å². The van der Waals surface area contributed by atoms with Gasteiger partial charge in [-0.05, 0) is 24.6 Å². The zero-order valence-electron chi connectivity index (χ0n) is 10.4. The number of amides is 2. The second-order valence-corrected chi connectivity index (χ2v) is 4.50. The van der Waals surface area contributed by atoms with Crippen molar-refractivity contribution in [3.8, 4) is 0 Å². The van der Waals surface area contributed by atoms with Crippen molar-refractivity contribution in [1.82, 2.24) is 9.80 Å². The van der Waals surface area contributed by atoms with Crippen LogP contribution in [0.3, 0.4) is 0 Å². The summed E-state index contributed by atoms with van der Waals surface area (Å²) in [5.74, 6) is -0.0211. The van der Waals surface area contributed by atoms with E-state index < -0.39 is 0 Å². The largest absolute Gasteiger partial charge is 0.398 e. The highest BCUT2D eigenvalue weighted by Gasteiger charge is 2.21. The van der Waals surface area contributed by atoms with Crippen LogP contribution in [0.4, 0.5) is 5.69 Å². The fourth-order valence-corrected chi connectivity index (χ4v) is 1.99. The molecule has 0 unspecified atom stereocenters. The van der Waals surface area contributed by atoms with E-state index in [-0.39, 0.29) is 5.91 Å². The molecule has 1 aliphatic heterocycles. The van der Waals surface area contributed by atoms with Crippen LogP contribution in [-0.2, 0) is 4.79 Å².